The van der Waals surface area contributed by atoms with Gasteiger partial charge in [-0.3, -0.25) is 14.4 Å². The molecule has 2 fully saturated rings. The number of benzene rings is 3. The van der Waals surface area contributed by atoms with Gasteiger partial charge in [0.15, 0.2) is 30.9 Å². The molecule has 2 heterocycles. The molecule has 0 unspecified atom stereocenters. The lowest BCUT2D eigenvalue weighted by atomic mass is 9.79. The van der Waals surface area contributed by atoms with Crippen molar-refractivity contribution in [3.05, 3.63) is 108 Å². The molecule has 0 bridgehead atoms. The number of unbranched alkanes of at least 4 members (excludes halogenated alkanes) is 1. The Morgan fingerprint density at radius 1 is 0.632 bits per heavy atom. The molecule has 0 spiro atoms. The summed E-state index contributed by atoms with van der Waals surface area (Å²) >= 11 is 0. The Kier molecular flexibility index (Phi) is 16.6. The number of methoxy groups -OCH3 is 1. The molecule has 0 radical (unpaired) electrons. The van der Waals surface area contributed by atoms with Gasteiger partial charge in [-0.1, -0.05) is 111 Å². The summed E-state index contributed by atoms with van der Waals surface area (Å²) in [7, 11) is 1.54. The minimum Gasteiger partial charge on any atom is -0.456 e. The number of hydrogen-bond donors (Lipinski definition) is 0. The van der Waals surface area contributed by atoms with Crippen LogP contribution in [0.5, 0.6) is 0 Å². The standard InChI is InChI=1S/C44H56O13/c1-7-8-24-44(57-43-39(55-32(5)47)38(54-31(4)46)37(29(2)52-43)53-30(3)45)36(28-49-25-33-18-12-9-13-19-33)56-42(48-6)40(50-26-34-20-14-10-15-21-34)41(44)51-27-35-22-16-11-17-23-35/h9-23,29,36-43H,7-8,24-28H2,1-6H3/t29-,36+,37-,38+,39+,40+,41+,42-,43-,44+/m0/s1. The monoisotopic (exact) mass is 792 g/mol. The predicted molar refractivity (Wildman–Crippen MR) is 206 cm³/mol. The highest BCUT2D eigenvalue weighted by Crippen LogP contribution is 2.44. The Balaban J connectivity index is 1.64. The number of rotatable bonds is 19. The second kappa shape index (κ2) is 21.5. The Morgan fingerprint density at radius 3 is 1.67 bits per heavy atom. The van der Waals surface area contributed by atoms with Crippen LogP contribution in [0.25, 0.3) is 0 Å². The zero-order valence-corrected chi connectivity index (χ0v) is 33.6. The van der Waals surface area contributed by atoms with Gasteiger partial charge in [-0.2, -0.15) is 0 Å². The van der Waals surface area contributed by atoms with E-state index < -0.39 is 78.8 Å². The molecule has 57 heavy (non-hydrogen) atoms. The molecule has 13 heteroatoms. The fourth-order valence-corrected chi connectivity index (χ4v) is 7.35. The van der Waals surface area contributed by atoms with E-state index in [1.807, 2.05) is 91.0 Å². The van der Waals surface area contributed by atoms with Gasteiger partial charge in [0.25, 0.3) is 0 Å². The summed E-state index contributed by atoms with van der Waals surface area (Å²) in [6.45, 7) is 8.06. The minimum absolute atomic E-state index is 0.0268. The maximum absolute atomic E-state index is 12.8. The third-order valence-corrected chi connectivity index (χ3v) is 9.95. The minimum atomic E-state index is -1.43. The first-order chi connectivity index (χ1) is 27.5. The zero-order valence-electron chi connectivity index (χ0n) is 33.6. The van der Waals surface area contributed by atoms with Gasteiger partial charge in [0.1, 0.15) is 23.9 Å². The molecule has 13 nitrogen and oxygen atoms in total. The molecule has 2 aliphatic heterocycles. The fraction of sp³-hybridized carbons (Fsp3) is 0.523. The summed E-state index contributed by atoms with van der Waals surface area (Å²) in [5, 5.41) is 0. The molecule has 3 aromatic carbocycles. The van der Waals surface area contributed by atoms with Crippen LogP contribution in [0.4, 0.5) is 0 Å². The van der Waals surface area contributed by atoms with Crippen LogP contribution in [0, 0.1) is 0 Å². The number of hydrogen-bond acceptors (Lipinski definition) is 13. The van der Waals surface area contributed by atoms with E-state index in [2.05, 4.69) is 6.92 Å². The molecule has 2 aliphatic rings. The van der Waals surface area contributed by atoms with Crippen molar-refractivity contribution in [2.45, 2.75) is 135 Å². The number of esters is 3. The zero-order chi connectivity index (χ0) is 40.8. The summed E-state index contributed by atoms with van der Waals surface area (Å²) in [6, 6.07) is 29.2. The Morgan fingerprint density at radius 2 is 1.14 bits per heavy atom. The summed E-state index contributed by atoms with van der Waals surface area (Å²) in [4.78, 5) is 37.6. The van der Waals surface area contributed by atoms with E-state index in [-0.39, 0.29) is 26.4 Å². The van der Waals surface area contributed by atoms with E-state index in [4.69, 9.17) is 47.4 Å². The normalized spacial score (nSPS) is 28.6. The molecule has 10 atom stereocenters. The average Bonchev–Trinajstić information content (AvgIpc) is 3.20. The van der Waals surface area contributed by atoms with Gasteiger partial charge < -0.3 is 47.4 Å². The fourth-order valence-electron chi connectivity index (χ4n) is 7.35. The van der Waals surface area contributed by atoms with E-state index in [0.29, 0.717) is 12.8 Å². The lowest BCUT2D eigenvalue weighted by Gasteiger charge is -2.55. The molecule has 0 aromatic heterocycles. The predicted octanol–water partition coefficient (Wildman–Crippen LogP) is 6.23. The number of carbonyl (C=O) groups excluding carboxylic acids is 3. The Labute approximate surface area is 335 Å². The van der Waals surface area contributed by atoms with Crippen LogP contribution in [0.3, 0.4) is 0 Å². The number of carbonyl (C=O) groups is 3. The van der Waals surface area contributed by atoms with Gasteiger partial charge in [0, 0.05) is 27.9 Å². The highest BCUT2D eigenvalue weighted by atomic mass is 16.8. The molecule has 310 valence electrons. The highest BCUT2D eigenvalue weighted by molar-refractivity contribution is 5.68. The van der Waals surface area contributed by atoms with Gasteiger partial charge in [0.2, 0.25) is 0 Å². The van der Waals surface area contributed by atoms with Crippen molar-refractivity contribution >= 4 is 17.9 Å². The quantitative estimate of drug-likeness (QED) is 0.100. The van der Waals surface area contributed by atoms with Crippen molar-refractivity contribution in [3.63, 3.8) is 0 Å². The molecule has 0 N–H and O–H groups in total. The van der Waals surface area contributed by atoms with Crippen LogP contribution in [0.2, 0.25) is 0 Å². The van der Waals surface area contributed by atoms with E-state index in [1.165, 1.54) is 20.8 Å². The topological polar surface area (TPSA) is 144 Å². The molecule has 0 aliphatic carbocycles. The van der Waals surface area contributed by atoms with Gasteiger partial charge in [-0.05, 0) is 30.0 Å². The van der Waals surface area contributed by atoms with Crippen LogP contribution in [0.1, 0.15) is 70.6 Å². The average molecular weight is 793 g/mol. The van der Waals surface area contributed by atoms with Crippen molar-refractivity contribution < 1.29 is 61.8 Å². The molecule has 3 aromatic rings. The van der Waals surface area contributed by atoms with Crippen molar-refractivity contribution in [2.75, 3.05) is 13.7 Å². The summed E-state index contributed by atoms with van der Waals surface area (Å²) in [6.07, 6.45) is -7.89. The molecule has 0 saturated carbocycles. The lowest BCUT2D eigenvalue weighted by molar-refractivity contribution is -0.398. The van der Waals surface area contributed by atoms with Crippen LogP contribution in [-0.4, -0.2) is 92.5 Å². The smallest absolute Gasteiger partial charge is 0.303 e. The van der Waals surface area contributed by atoms with E-state index in [0.717, 1.165) is 23.1 Å². The third-order valence-electron chi connectivity index (χ3n) is 9.95. The molecule has 0 amide bonds. The SMILES string of the molecule is CCCC[C@]1(O[C@@H]2O[C@@H](C)[C@H](OC(C)=O)[C@@H](OC(C)=O)[C@H]2OC(C)=O)[C@H](OCc2ccccc2)[C@@H](OCc2ccccc2)[C@@H](OC)O[C@@H]1COCc1ccccc1. The van der Waals surface area contributed by atoms with Crippen LogP contribution in [0.15, 0.2) is 91.0 Å². The van der Waals surface area contributed by atoms with Crippen LogP contribution in [-0.2, 0) is 81.6 Å². The van der Waals surface area contributed by atoms with Crippen molar-refractivity contribution in [2.24, 2.45) is 0 Å². The maximum atomic E-state index is 12.8. The molecular formula is C44H56O13. The molecule has 2 saturated heterocycles. The van der Waals surface area contributed by atoms with Gasteiger partial charge in [0.05, 0.1) is 32.5 Å². The largest absolute Gasteiger partial charge is 0.456 e. The summed E-state index contributed by atoms with van der Waals surface area (Å²) in [5.74, 6) is -2.02. The molecule has 5 rings (SSSR count). The summed E-state index contributed by atoms with van der Waals surface area (Å²) in [5.41, 5.74) is 1.34. The second-order valence-corrected chi connectivity index (χ2v) is 14.3. The maximum Gasteiger partial charge on any atom is 0.303 e. The van der Waals surface area contributed by atoms with Crippen molar-refractivity contribution in [3.8, 4) is 0 Å². The first-order valence-corrected chi connectivity index (χ1v) is 19.5. The van der Waals surface area contributed by atoms with E-state index >= 15 is 0 Å². The van der Waals surface area contributed by atoms with Gasteiger partial charge in [-0.15, -0.1) is 0 Å². The first-order valence-electron chi connectivity index (χ1n) is 19.5. The first kappa shape index (κ1) is 43.9. The lowest BCUT2D eigenvalue weighted by Crippen LogP contribution is -2.72. The second-order valence-electron chi connectivity index (χ2n) is 14.3. The Hall–Kier alpha value is -4.21. The highest BCUT2D eigenvalue weighted by Gasteiger charge is 2.62. The number of ether oxygens (including phenoxy) is 10. The molecular weight excluding hydrogens is 736 g/mol. The van der Waals surface area contributed by atoms with Crippen LogP contribution >= 0.6 is 0 Å². The third kappa shape index (κ3) is 11.9. The van der Waals surface area contributed by atoms with E-state index in [9.17, 15) is 14.4 Å². The van der Waals surface area contributed by atoms with Crippen LogP contribution < -0.4 is 0 Å². The van der Waals surface area contributed by atoms with E-state index in [1.54, 1.807) is 14.0 Å². The van der Waals surface area contributed by atoms with Gasteiger partial charge >= 0.3 is 17.9 Å². The Bertz CT molecular complexity index is 1680. The van der Waals surface area contributed by atoms with Crippen molar-refractivity contribution in [1.82, 2.24) is 0 Å². The summed E-state index contributed by atoms with van der Waals surface area (Å²) < 4.78 is 63.9. The van der Waals surface area contributed by atoms with Gasteiger partial charge in [-0.25, -0.2) is 0 Å². The van der Waals surface area contributed by atoms with Crippen molar-refractivity contribution in [1.29, 1.82) is 0 Å².